The van der Waals surface area contributed by atoms with Crippen LogP contribution in [0, 0.1) is 0 Å². The van der Waals surface area contributed by atoms with Crippen molar-refractivity contribution in [1.82, 2.24) is 0 Å². The molecule has 0 radical (unpaired) electrons. The summed E-state index contributed by atoms with van der Waals surface area (Å²) in [5.74, 6) is -0.966. The molecule has 0 N–H and O–H groups in total. The van der Waals surface area contributed by atoms with Gasteiger partial charge in [0, 0.05) is 6.08 Å². The van der Waals surface area contributed by atoms with E-state index < -0.39 is 18.6 Å². The predicted molar refractivity (Wildman–Crippen MR) is 89.7 cm³/mol. The van der Waals surface area contributed by atoms with Gasteiger partial charge in [0.2, 0.25) is 0 Å². The molecule has 0 unspecified atom stereocenters. The lowest BCUT2D eigenvalue weighted by Crippen LogP contribution is -2.03. The van der Waals surface area contributed by atoms with Crippen LogP contribution in [0.5, 0.6) is 5.75 Å². The summed E-state index contributed by atoms with van der Waals surface area (Å²) in [7, 11) is 1.30. The second kappa shape index (κ2) is 9.31. The zero-order chi connectivity index (χ0) is 18.9. The average molecular weight is 362 g/mol. The summed E-state index contributed by atoms with van der Waals surface area (Å²) in [6, 6.07) is 12.3. The Morgan fingerprint density at radius 1 is 1.04 bits per heavy atom. The topological polar surface area (TPSA) is 61.8 Å². The Morgan fingerprint density at radius 3 is 2.27 bits per heavy atom. The monoisotopic (exact) mass is 362 g/mol. The molecule has 2 rings (SSSR count). The molecule has 136 valence electrons. The summed E-state index contributed by atoms with van der Waals surface area (Å²) < 4.78 is 38.0. The highest BCUT2D eigenvalue weighted by molar-refractivity contribution is 5.89. The van der Waals surface area contributed by atoms with Crippen molar-refractivity contribution in [2.75, 3.05) is 7.11 Å². The number of methoxy groups -OCH3 is 1. The summed E-state index contributed by atoms with van der Waals surface area (Å²) in [5.41, 5.74) is 1.75. The fourth-order valence-electron chi connectivity index (χ4n) is 1.98. The molecule has 26 heavy (non-hydrogen) atoms. The van der Waals surface area contributed by atoms with E-state index in [-0.39, 0.29) is 12.4 Å². The predicted octanol–water partition coefficient (Wildman–Crippen LogP) is 3.83. The minimum Gasteiger partial charge on any atom is -0.465 e. The lowest BCUT2D eigenvalue weighted by molar-refractivity contribution is -0.138. The van der Waals surface area contributed by atoms with E-state index in [0.717, 1.165) is 0 Å². The maximum atomic E-state index is 12.1. The van der Waals surface area contributed by atoms with E-state index in [4.69, 9.17) is 4.74 Å². The molecule has 0 saturated carbocycles. The molecule has 2 aromatic rings. The van der Waals surface area contributed by atoms with Gasteiger partial charge in [-0.05, 0) is 41.5 Å². The Kier molecular flexibility index (Phi) is 6.84. The van der Waals surface area contributed by atoms with Gasteiger partial charge in [-0.2, -0.15) is 8.78 Å². The largest absolute Gasteiger partial charge is 0.465 e. The van der Waals surface area contributed by atoms with Crippen molar-refractivity contribution >= 4 is 18.0 Å². The third-order valence-corrected chi connectivity index (χ3v) is 3.27. The summed E-state index contributed by atoms with van der Waals surface area (Å²) >= 11 is 0. The van der Waals surface area contributed by atoms with Gasteiger partial charge in [0.05, 0.1) is 12.7 Å². The smallest absolute Gasteiger partial charge is 0.387 e. The van der Waals surface area contributed by atoms with Crippen LogP contribution in [-0.4, -0.2) is 25.7 Å². The second-order valence-electron chi connectivity index (χ2n) is 5.08. The van der Waals surface area contributed by atoms with Crippen molar-refractivity contribution < 1.29 is 32.6 Å². The molecule has 0 atom stereocenters. The summed E-state index contributed by atoms with van der Waals surface area (Å²) in [6.07, 6.45) is 2.72. The van der Waals surface area contributed by atoms with E-state index >= 15 is 0 Å². The van der Waals surface area contributed by atoms with E-state index in [1.54, 1.807) is 24.3 Å². The third kappa shape index (κ3) is 6.01. The molecule has 0 bridgehead atoms. The fourth-order valence-corrected chi connectivity index (χ4v) is 1.98. The molecule has 0 spiro atoms. The number of hydrogen-bond acceptors (Lipinski definition) is 5. The van der Waals surface area contributed by atoms with Crippen LogP contribution in [0.3, 0.4) is 0 Å². The van der Waals surface area contributed by atoms with Gasteiger partial charge in [0.25, 0.3) is 0 Å². The van der Waals surface area contributed by atoms with Crippen LogP contribution in [0.1, 0.15) is 21.5 Å². The van der Waals surface area contributed by atoms with Crippen LogP contribution < -0.4 is 4.74 Å². The van der Waals surface area contributed by atoms with Gasteiger partial charge < -0.3 is 14.2 Å². The molecule has 5 nitrogen and oxygen atoms in total. The molecular formula is C19H16F2O5. The van der Waals surface area contributed by atoms with Crippen molar-refractivity contribution in [3.63, 3.8) is 0 Å². The van der Waals surface area contributed by atoms with Crippen LogP contribution in [0.15, 0.2) is 54.6 Å². The first-order chi connectivity index (χ1) is 12.5. The molecule has 0 aliphatic carbocycles. The third-order valence-electron chi connectivity index (χ3n) is 3.27. The zero-order valence-corrected chi connectivity index (χ0v) is 13.9. The van der Waals surface area contributed by atoms with Gasteiger partial charge in [0.15, 0.2) is 0 Å². The first-order valence-electron chi connectivity index (χ1n) is 7.55. The van der Waals surface area contributed by atoms with Gasteiger partial charge >= 0.3 is 18.6 Å². The van der Waals surface area contributed by atoms with Crippen molar-refractivity contribution in [3.05, 3.63) is 71.3 Å². The average Bonchev–Trinajstić information content (AvgIpc) is 2.65. The molecule has 0 aliphatic heterocycles. The lowest BCUT2D eigenvalue weighted by Gasteiger charge is -2.04. The van der Waals surface area contributed by atoms with Crippen molar-refractivity contribution in [2.45, 2.75) is 13.2 Å². The first kappa shape index (κ1) is 19.1. The van der Waals surface area contributed by atoms with E-state index in [2.05, 4.69) is 9.47 Å². The number of carbonyl (C=O) groups is 2. The Hall–Kier alpha value is -3.22. The first-order valence-corrected chi connectivity index (χ1v) is 7.55. The number of halogens is 2. The number of alkyl halides is 2. The van der Waals surface area contributed by atoms with Crippen molar-refractivity contribution in [2.24, 2.45) is 0 Å². The van der Waals surface area contributed by atoms with Crippen molar-refractivity contribution in [1.29, 1.82) is 0 Å². The number of rotatable bonds is 7. The number of benzene rings is 2. The van der Waals surface area contributed by atoms with Crippen LogP contribution in [0.25, 0.3) is 6.08 Å². The summed E-state index contributed by atoms with van der Waals surface area (Å²) in [5, 5.41) is 0. The maximum absolute atomic E-state index is 12.1. The molecule has 2 aromatic carbocycles. The number of ether oxygens (including phenoxy) is 3. The standard InChI is InChI=1S/C19H16F2O5/c1-24-18(23)15-7-2-14(3-8-15)12-25-17(22)11-6-13-4-9-16(10-5-13)26-19(20)21/h2-11,19H,12H2,1H3. The minimum absolute atomic E-state index is 0.0372. The summed E-state index contributed by atoms with van der Waals surface area (Å²) in [4.78, 5) is 23.0. The number of esters is 2. The van der Waals surface area contributed by atoms with Gasteiger partial charge in [-0.15, -0.1) is 0 Å². The minimum atomic E-state index is -2.88. The lowest BCUT2D eigenvalue weighted by atomic mass is 10.1. The van der Waals surface area contributed by atoms with E-state index in [9.17, 15) is 18.4 Å². The Balaban J connectivity index is 1.84. The quantitative estimate of drug-likeness (QED) is 0.553. The molecule has 0 aliphatic rings. The van der Waals surface area contributed by atoms with Crippen LogP contribution in [-0.2, 0) is 20.9 Å². The zero-order valence-electron chi connectivity index (χ0n) is 13.9. The highest BCUT2D eigenvalue weighted by atomic mass is 19.3. The van der Waals surface area contributed by atoms with Crippen LogP contribution >= 0.6 is 0 Å². The van der Waals surface area contributed by atoms with Crippen molar-refractivity contribution in [3.8, 4) is 5.75 Å². The van der Waals surface area contributed by atoms with Gasteiger partial charge in [-0.1, -0.05) is 24.3 Å². The maximum Gasteiger partial charge on any atom is 0.387 e. The fraction of sp³-hybridized carbons (Fsp3) is 0.158. The van der Waals surface area contributed by atoms with Crippen LogP contribution in [0.2, 0.25) is 0 Å². The van der Waals surface area contributed by atoms with Gasteiger partial charge in [-0.3, -0.25) is 0 Å². The van der Waals surface area contributed by atoms with E-state index in [1.807, 2.05) is 0 Å². The number of carbonyl (C=O) groups excluding carboxylic acids is 2. The molecule has 0 amide bonds. The normalized spacial score (nSPS) is 10.8. The van der Waals surface area contributed by atoms with Gasteiger partial charge in [-0.25, -0.2) is 9.59 Å². The Labute approximate surface area is 148 Å². The Bertz CT molecular complexity index is 768. The molecule has 7 heteroatoms. The molecule has 0 saturated heterocycles. The van der Waals surface area contributed by atoms with Crippen LogP contribution in [0.4, 0.5) is 8.78 Å². The molecule has 0 heterocycles. The highest BCUT2D eigenvalue weighted by Gasteiger charge is 2.06. The number of hydrogen-bond donors (Lipinski definition) is 0. The van der Waals surface area contributed by atoms with E-state index in [0.29, 0.717) is 16.7 Å². The molecule has 0 aromatic heterocycles. The Morgan fingerprint density at radius 2 is 1.69 bits per heavy atom. The van der Waals surface area contributed by atoms with Gasteiger partial charge in [0.1, 0.15) is 12.4 Å². The molecular weight excluding hydrogens is 346 g/mol. The molecule has 0 fully saturated rings. The second-order valence-corrected chi connectivity index (χ2v) is 5.08. The summed E-state index contributed by atoms with van der Waals surface area (Å²) in [6.45, 7) is -2.83. The highest BCUT2D eigenvalue weighted by Crippen LogP contribution is 2.15. The van der Waals surface area contributed by atoms with E-state index in [1.165, 1.54) is 43.5 Å². The SMILES string of the molecule is COC(=O)c1ccc(COC(=O)C=Cc2ccc(OC(F)F)cc2)cc1.